The third-order valence-electron chi connectivity index (χ3n) is 2.80. The van der Waals surface area contributed by atoms with E-state index in [0.717, 1.165) is 19.3 Å². The number of ether oxygens (including phenoxy) is 1. The maximum atomic E-state index is 5.93. The first kappa shape index (κ1) is 14.9. The van der Waals surface area contributed by atoms with E-state index in [4.69, 9.17) is 10.5 Å². The van der Waals surface area contributed by atoms with Gasteiger partial charge in [-0.25, -0.2) is 0 Å². The molecule has 0 aliphatic carbocycles. The summed E-state index contributed by atoms with van der Waals surface area (Å²) in [5.74, 6) is 0. The van der Waals surface area contributed by atoms with E-state index < -0.39 is 0 Å². The lowest BCUT2D eigenvalue weighted by Crippen LogP contribution is -2.23. The average molecular weight is 247 g/mol. The van der Waals surface area contributed by atoms with Gasteiger partial charge in [0.2, 0.25) is 0 Å². The summed E-state index contributed by atoms with van der Waals surface area (Å²) in [6, 6.07) is 10.2. The molecule has 1 rings (SSSR count). The van der Waals surface area contributed by atoms with Crippen LogP contribution in [-0.2, 0) is 11.3 Å². The quantitative estimate of drug-likeness (QED) is 0.428. The van der Waals surface area contributed by atoms with Crippen LogP contribution in [0.15, 0.2) is 42.0 Å². The number of hydrogen-bond acceptors (Lipinski definition) is 2. The first-order chi connectivity index (χ1) is 8.68. The van der Waals surface area contributed by atoms with E-state index in [2.05, 4.69) is 32.1 Å². The number of allylic oxidation sites excluding steroid dienone is 2. The monoisotopic (exact) mass is 247 g/mol. The molecule has 0 saturated heterocycles. The molecule has 1 aromatic carbocycles. The Morgan fingerprint density at radius 2 is 1.94 bits per heavy atom. The molecular formula is C16H25NO. The molecule has 0 heterocycles. The first-order valence-electron chi connectivity index (χ1n) is 6.73. The van der Waals surface area contributed by atoms with Crippen LogP contribution >= 0.6 is 0 Å². The Hall–Kier alpha value is -1.12. The summed E-state index contributed by atoms with van der Waals surface area (Å²) < 4.78 is 5.62. The van der Waals surface area contributed by atoms with Gasteiger partial charge in [-0.2, -0.15) is 0 Å². The van der Waals surface area contributed by atoms with Crippen molar-refractivity contribution < 1.29 is 4.74 Å². The second-order valence-electron chi connectivity index (χ2n) is 4.90. The van der Waals surface area contributed by atoms with Crippen LogP contribution in [0.2, 0.25) is 0 Å². The average Bonchev–Trinajstić information content (AvgIpc) is 2.37. The molecule has 1 aromatic rings. The normalized spacial score (nSPS) is 12.2. The minimum absolute atomic E-state index is 0.142. The molecule has 18 heavy (non-hydrogen) atoms. The van der Waals surface area contributed by atoms with Crippen molar-refractivity contribution in [2.45, 2.75) is 52.4 Å². The van der Waals surface area contributed by atoms with Gasteiger partial charge in [-0.3, -0.25) is 0 Å². The Labute approximate surface area is 111 Å². The molecule has 2 N–H and O–H groups in total. The van der Waals surface area contributed by atoms with Crippen molar-refractivity contribution in [2.24, 2.45) is 5.73 Å². The lowest BCUT2D eigenvalue weighted by molar-refractivity contribution is 0.0378. The Morgan fingerprint density at radius 3 is 2.61 bits per heavy atom. The van der Waals surface area contributed by atoms with Crippen LogP contribution in [0.25, 0.3) is 0 Å². The van der Waals surface area contributed by atoms with Gasteiger partial charge in [-0.15, -0.1) is 0 Å². The third kappa shape index (κ3) is 7.25. The van der Waals surface area contributed by atoms with Gasteiger partial charge >= 0.3 is 0 Å². The lowest BCUT2D eigenvalue weighted by Gasteiger charge is -2.12. The van der Waals surface area contributed by atoms with E-state index in [1.54, 1.807) is 0 Å². The molecule has 1 unspecified atom stereocenters. The van der Waals surface area contributed by atoms with Gasteiger partial charge < -0.3 is 10.5 Å². The van der Waals surface area contributed by atoms with Crippen LogP contribution < -0.4 is 5.73 Å². The van der Waals surface area contributed by atoms with Crippen LogP contribution in [0.5, 0.6) is 0 Å². The number of unbranched alkanes of at least 4 members (excludes halogenated alkanes) is 2. The maximum absolute atomic E-state index is 5.93. The molecular weight excluding hydrogens is 222 g/mol. The predicted octanol–water partition coefficient (Wildman–Crippen LogP) is 4.01. The van der Waals surface area contributed by atoms with Crippen molar-refractivity contribution in [1.29, 1.82) is 0 Å². The highest BCUT2D eigenvalue weighted by molar-refractivity contribution is 5.13. The molecule has 0 spiro atoms. The van der Waals surface area contributed by atoms with Crippen LogP contribution in [0.4, 0.5) is 0 Å². The van der Waals surface area contributed by atoms with Crippen LogP contribution in [0.1, 0.15) is 45.1 Å². The summed E-state index contributed by atoms with van der Waals surface area (Å²) in [5.41, 5.74) is 8.49. The standard InChI is InChI=1S/C16H25NO/c1-14(2)9-5-3-8-12-16(17)18-13-15-10-6-4-7-11-15/h4,6-7,9-11,16H,3,5,8,12-13,17H2,1-2H3. The number of rotatable bonds is 8. The summed E-state index contributed by atoms with van der Waals surface area (Å²) in [6.45, 7) is 4.87. The van der Waals surface area contributed by atoms with Crippen molar-refractivity contribution in [3.63, 3.8) is 0 Å². The summed E-state index contributed by atoms with van der Waals surface area (Å²) in [6.07, 6.45) is 6.53. The van der Waals surface area contributed by atoms with Crippen LogP contribution in [-0.4, -0.2) is 6.23 Å². The highest BCUT2D eigenvalue weighted by atomic mass is 16.5. The Kier molecular flexibility index (Phi) is 7.38. The Balaban J connectivity index is 2.07. The zero-order chi connectivity index (χ0) is 13.2. The van der Waals surface area contributed by atoms with Crippen molar-refractivity contribution in [3.8, 4) is 0 Å². The van der Waals surface area contributed by atoms with Crippen LogP contribution in [0.3, 0.4) is 0 Å². The molecule has 0 fully saturated rings. The minimum Gasteiger partial charge on any atom is -0.359 e. The summed E-state index contributed by atoms with van der Waals surface area (Å²) in [7, 11) is 0. The summed E-state index contributed by atoms with van der Waals surface area (Å²) in [4.78, 5) is 0. The van der Waals surface area contributed by atoms with Crippen LogP contribution in [0, 0.1) is 0 Å². The fourth-order valence-corrected chi connectivity index (χ4v) is 1.74. The molecule has 100 valence electrons. The van der Waals surface area contributed by atoms with Crippen molar-refractivity contribution in [2.75, 3.05) is 0 Å². The van der Waals surface area contributed by atoms with E-state index in [1.165, 1.54) is 17.6 Å². The lowest BCUT2D eigenvalue weighted by atomic mass is 10.1. The second kappa shape index (κ2) is 8.90. The maximum Gasteiger partial charge on any atom is 0.106 e. The Morgan fingerprint density at radius 1 is 1.22 bits per heavy atom. The fourth-order valence-electron chi connectivity index (χ4n) is 1.74. The SMILES string of the molecule is CC(C)=CCCCCC(N)OCc1ccccc1. The molecule has 0 aliphatic heterocycles. The molecule has 0 radical (unpaired) electrons. The highest BCUT2D eigenvalue weighted by Gasteiger charge is 2.02. The zero-order valence-corrected chi connectivity index (χ0v) is 11.6. The molecule has 0 aromatic heterocycles. The van der Waals surface area contributed by atoms with E-state index >= 15 is 0 Å². The van der Waals surface area contributed by atoms with Crippen molar-refractivity contribution in [1.82, 2.24) is 0 Å². The van der Waals surface area contributed by atoms with Gasteiger partial charge in [0.05, 0.1) is 6.61 Å². The number of nitrogens with two attached hydrogens (primary N) is 1. The van der Waals surface area contributed by atoms with Gasteiger partial charge in [0.25, 0.3) is 0 Å². The zero-order valence-electron chi connectivity index (χ0n) is 11.6. The van der Waals surface area contributed by atoms with E-state index in [-0.39, 0.29) is 6.23 Å². The molecule has 0 amide bonds. The Bertz CT molecular complexity index is 341. The molecule has 2 nitrogen and oxygen atoms in total. The van der Waals surface area contributed by atoms with E-state index in [0.29, 0.717) is 6.61 Å². The molecule has 0 bridgehead atoms. The van der Waals surface area contributed by atoms with Crippen molar-refractivity contribution >= 4 is 0 Å². The predicted molar refractivity (Wildman–Crippen MR) is 77.1 cm³/mol. The van der Waals surface area contributed by atoms with Gasteiger partial charge in [-0.05, 0) is 45.1 Å². The van der Waals surface area contributed by atoms with E-state index in [9.17, 15) is 0 Å². The fraction of sp³-hybridized carbons (Fsp3) is 0.500. The number of benzene rings is 1. The van der Waals surface area contributed by atoms with Gasteiger partial charge in [0.15, 0.2) is 0 Å². The van der Waals surface area contributed by atoms with E-state index in [1.807, 2.05) is 18.2 Å². The molecule has 2 heteroatoms. The first-order valence-corrected chi connectivity index (χ1v) is 6.73. The summed E-state index contributed by atoms with van der Waals surface area (Å²) >= 11 is 0. The van der Waals surface area contributed by atoms with Gasteiger partial charge in [-0.1, -0.05) is 42.0 Å². The smallest absolute Gasteiger partial charge is 0.106 e. The minimum atomic E-state index is -0.142. The molecule has 0 aliphatic rings. The van der Waals surface area contributed by atoms with Gasteiger partial charge in [0.1, 0.15) is 6.23 Å². The van der Waals surface area contributed by atoms with Crippen molar-refractivity contribution in [3.05, 3.63) is 47.5 Å². The number of hydrogen-bond donors (Lipinski definition) is 1. The summed E-state index contributed by atoms with van der Waals surface area (Å²) in [5, 5.41) is 0. The third-order valence-corrected chi connectivity index (χ3v) is 2.80. The highest BCUT2D eigenvalue weighted by Crippen LogP contribution is 2.08. The topological polar surface area (TPSA) is 35.2 Å². The largest absolute Gasteiger partial charge is 0.359 e. The second-order valence-corrected chi connectivity index (χ2v) is 4.90. The van der Waals surface area contributed by atoms with Gasteiger partial charge in [0, 0.05) is 0 Å². The molecule has 1 atom stereocenters. The molecule has 0 saturated carbocycles.